The molecule has 0 heterocycles. The third-order valence-corrected chi connectivity index (χ3v) is 11.1. The van der Waals surface area contributed by atoms with Crippen LogP contribution in [0.15, 0.2) is 42.0 Å². The zero-order valence-electron chi connectivity index (χ0n) is 21.3. The molecule has 3 fully saturated rings. The Morgan fingerprint density at radius 2 is 1.79 bits per heavy atom. The first kappa shape index (κ1) is 23.3. The molecule has 4 aliphatic rings. The van der Waals surface area contributed by atoms with Crippen molar-refractivity contribution < 1.29 is 9.90 Å². The summed E-state index contributed by atoms with van der Waals surface area (Å²) in [6.45, 7) is 9.58. The molecule has 2 nitrogen and oxygen atoms in total. The average Bonchev–Trinajstić information content (AvgIpc) is 3.15. The normalized spacial score (nSPS) is 43.1. The Labute approximate surface area is 201 Å². The summed E-state index contributed by atoms with van der Waals surface area (Å²) < 4.78 is 0. The number of allylic oxidation sites excluding steroid dienone is 1. The van der Waals surface area contributed by atoms with Gasteiger partial charge in [0.05, 0.1) is 5.60 Å². The number of hydrogen-bond acceptors (Lipinski definition) is 2. The number of carbonyl (C=O) groups is 1. The van der Waals surface area contributed by atoms with E-state index in [0.717, 1.165) is 54.9 Å². The van der Waals surface area contributed by atoms with E-state index in [2.05, 4.69) is 26.8 Å². The van der Waals surface area contributed by atoms with Crippen molar-refractivity contribution in [3.63, 3.8) is 0 Å². The third kappa shape index (κ3) is 3.95. The van der Waals surface area contributed by atoms with Crippen LogP contribution in [0.5, 0.6) is 0 Å². The van der Waals surface area contributed by atoms with Crippen LogP contribution in [0.2, 0.25) is 0 Å². The van der Waals surface area contributed by atoms with Crippen molar-refractivity contribution in [3.8, 4) is 0 Å². The Morgan fingerprint density at radius 1 is 1.03 bits per heavy atom. The lowest BCUT2D eigenvalue weighted by Crippen LogP contribution is -2.52. The summed E-state index contributed by atoms with van der Waals surface area (Å²) >= 11 is 0. The second kappa shape index (κ2) is 8.36. The van der Waals surface area contributed by atoms with Gasteiger partial charge in [0.1, 0.15) is 0 Å². The molecule has 0 unspecified atom stereocenters. The second-order valence-electron chi connectivity index (χ2n) is 13.0. The lowest BCUT2D eigenvalue weighted by Gasteiger charge is -2.59. The van der Waals surface area contributed by atoms with Gasteiger partial charge in [-0.1, -0.05) is 62.8 Å². The number of ketones is 1. The fourth-order valence-corrected chi connectivity index (χ4v) is 9.11. The van der Waals surface area contributed by atoms with Gasteiger partial charge in [0.2, 0.25) is 0 Å². The van der Waals surface area contributed by atoms with Crippen LogP contribution in [0.4, 0.5) is 0 Å². The highest BCUT2D eigenvalue weighted by atomic mass is 16.3. The highest BCUT2D eigenvalue weighted by Gasteiger charge is 2.59. The molecule has 3 saturated carbocycles. The van der Waals surface area contributed by atoms with E-state index in [1.54, 1.807) is 5.57 Å². The number of benzene rings is 1. The molecule has 0 aromatic heterocycles. The number of fused-ring (bicyclic) bond motifs is 5. The summed E-state index contributed by atoms with van der Waals surface area (Å²) in [6.07, 6.45) is 13.9. The molecule has 1 N–H and O–H groups in total. The Hall–Kier alpha value is -1.41. The van der Waals surface area contributed by atoms with Crippen LogP contribution in [-0.4, -0.2) is 16.5 Å². The fraction of sp³-hybridized carbons (Fsp3) is 0.710. The van der Waals surface area contributed by atoms with Crippen LogP contribution in [0, 0.1) is 40.4 Å². The van der Waals surface area contributed by atoms with Crippen LogP contribution in [0.25, 0.3) is 0 Å². The molecule has 4 aliphatic carbocycles. The van der Waals surface area contributed by atoms with Gasteiger partial charge in [-0.3, -0.25) is 4.79 Å². The zero-order chi connectivity index (χ0) is 23.4. The maximum absolute atomic E-state index is 12.7. The molecular weight excluding hydrogens is 404 g/mol. The Morgan fingerprint density at radius 3 is 2.55 bits per heavy atom. The first-order chi connectivity index (χ1) is 15.6. The molecule has 5 rings (SSSR count). The molecule has 0 radical (unpaired) electrons. The quantitative estimate of drug-likeness (QED) is 0.372. The highest BCUT2D eigenvalue weighted by molar-refractivity contribution is 5.95. The third-order valence-electron chi connectivity index (χ3n) is 11.1. The minimum Gasteiger partial charge on any atom is -0.390 e. The van der Waals surface area contributed by atoms with Gasteiger partial charge in [-0.15, -0.1) is 0 Å². The van der Waals surface area contributed by atoms with Crippen LogP contribution in [0.3, 0.4) is 0 Å². The molecule has 2 heteroatoms. The highest BCUT2D eigenvalue weighted by Crippen LogP contribution is 2.67. The lowest BCUT2D eigenvalue weighted by molar-refractivity contribution is -0.0704. The van der Waals surface area contributed by atoms with Gasteiger partial charge in [0.15, 0.2) is 5.78 Å². The second-order valence-corrected chi connectivity index (χ2v) is 13.0. The molecule has 33 heavy (non-hydrogen) atoms. The molecule has 0 bridgehead atoms. The molecule has 1 aromatic carbocycles. The smallest absolute Gasteiger partial charge is 0.162 e. The minimum absolute atomic E-state index is 0.303. The summed E-state index contributed by atoms with van der Waals surface area (Å²) in [5.41, 5.74) is 2.65. The van der Waals surface area contributed by atoms with Crippen molar-refractivity contribution in [2.45, 2.75) is 97.5 Å². The van der Waals surface area contributed by atoms with Crippen LogP contribution < -0.4 is 0 Å². The summed E-state index contributed by atoms with van der Waals surface area (Å²) in [5, 5.41) is 10.7. The molecule has 8 atom stereocenters. The van der Waals surface area contributed by atoms with E-state index < -0.39 is 5.60 Å². The van der Waals surface area contributed by atoms with Crippen molar-refractivity contribution in [2.24, 2.45) is 40.4 Å². The SMILES string of the molecule is C[C@H](CCC(=O)c1ccccc1)[C@H]1CC[C@H]2[C@@H]3CC=C4C[C@@](C)(O)CC[C@]4(C)[C@H]3CC[C@]12C. The zero-order valence-corrected chi connectivity index (χ0v) is 21.3. The van der Waals surface area contributed by atoms with E-state index in [4.69, 9.17) is 0 Å². The molecule has 180 valence electrons. The minimum atomic E-state index is -0.508. The van der Waals surface area contributed by atoms with E-state index >= 15 is 0 Å². The van der Waals surface area contributed by atoms with E-state index in [9.17, 15) is 9.90 Å². The number of aliphatic hydroxyl groups is 1. The van der Waals surface area contributed by atoms with Crippen molar-refractivity contribution in [3.05, 3.63) is 47.5 Å². The molecular formula is C31H44O2. The lowest BCUT2D eigenvalue weighted by atomic mass is 9.46. The van der Waals surface area contributed by atoms with E-state index in [-0.39, 0.29) is 0 Å². The van der Waals surface area contributed by atoms with Crippen LogP contribution in [-0.2, 0) is 0 Å². The number of carbonyl (C=O) groups excluding carboxylic acids is 1. The monoisotopic (exact) mass is 448 g/mol. The Balaban J connectivity index is 1.28. The Kier molecular flexibility index (Phi) is 5.91. The number of rotatable bonds is 5. The number of hydrogen-bond donors (Lipinski definition) is 1. The van der Waals surface area contributed by atoms with Gasteiger partial charge >= 0.3 is 0 Å². The largest absolute Gasteiger partial charge is 0.390 e. The molecule has 1 aromatic rings. The summed E-state index contributed by atoms with van der Waals surface area (Å²) in [6, 6.07) is 9.83. The first-order valence-electron chi connectivity index (χ1n) is 13.6. The number of Topliss-reactive ketones (excluding diaryl/α,β-unsaturated/α-hetero) is 1. The van der Waals surface area contributed by atoms with Crippen LogP contribution >= 0.6 is 0 Å². The molecule has 0 aliphatic heterocycles. The predicted octanol–water partition coefficient (Wildman–Crippen LogP) is 7.62. The summed E-state index contributed by atoms with van der Waals surface area (Å²) in [7, 11) is 0. The standard InChI is InChI=1S/C31H44O2/c1-21(10-15-28(32)22-8-6-5-7-9-22)25-13-14-26-24-12-11-23-20-29(2,33)18-19-30(23,3)27(24)16-17-31(25,26)4/h5-9,11,21,24-27,33H,10,12-20H2,1-4H3/t21-,24+,25-,26+,27+,29+,30+,31-/m1/s1. The van der Waals surface area contributed by atoms with Crippen molar-refractivity contribution in [2.75, 3.05) is 0 Å². The van der Waals surface area contributed by atoms with Gasteiger partial charge in [-0.05, 0) is 105 Å². The van der Waals surface area contributed by atoms with Crippen molar-refractivity contribution >= 4 is 5.78 Å². The van der Waals surface area contributed by atoms with E-state index in [1.807, 2.05) is 37.3 Å². The van der Waals surface area contributed by atoms with Gasteiger partial charge in [0.25, 0.3) is 0 Å². The van der Waals surface area contributed by atoms with Crippen molar-refractivity contribution in [1.29, 1.82) is 0 Å². The summed E-state index contributed by atoms with van der Waals surface area (Å²) in [5.74, 6) is 4.09. The van der Waals surface area contributed by atoms with Crippen LogP contribution in [0.1, 0.15) is 102 Å². The maximum atomic E-state index is 12.7. The predicted molar refractivity (Wildman–Crippen MR) is 135 cm³/mol. The molecule has 0 saturated heterocycles. The van der Waals surface area contributed by atoms with E-state index in [0.29, 0.717) is 29.0 Å². The summed E-state index contributed by atoms with van der Waals surface area (Å²) in [4.78, 5) is 12.7. The van der Waals surface area contributed by atoms with Gasteiger partial charge in [0, 0.05) is 12.0 Å². The maximum Gasteiger partial charge on any atom is 0.162 e. The average molecular weight is 449 g/mol. The molecule has 0 amide bonds. The Bertz CT molecular complexity index is 914. The van der Waals surface area contributed by atoms with Gasteiger partial charge < -0.3 is 5.11 Å². The van der Waals surface area contributed by atoms with Crippen molar-refractivity contribution in [1.82, 2.24) is 0 Å². The topological polar surface area (TPSA) is 37.3 Å². The van der Waals surface area contributed by atoms with Gasteiger partial charge in [-0.2, -0.15) is 0 Å². The molecule has 0 spiro atoms. The first-order valence-corrected chi connectivity index (χ1v) is 13.6. The fourth-order valence-electron chi connectivity index (χ4n) is 9.11. The van der Waals surface area contributed by atoms with E-state index in [1.165, 1.54) is 32.1 Å². The van der Waals surface area contributed by atoms with Gasteiger partial charge in [-0.25, -0.2) is 0 Å².